The summed E-state index contributed by atoms with van der Waals surface area (Å²) in [4.78, 5) is 25.6. The summed E-state index contributed by atoms with van der Waals surface area (Å²) in [5.41, 5.74) is 2.91. The molecule has 4 aliphatic carbocycles. The van der Waals surface area contributed by atoms with Crippen molar-refractivity contribution in [1.29, 1.82) is 0 Å². The Morgan fingerprint density at radius 3 is 1.91 bits per heavy atom. The number of hydrogen-bond acceptors (Lipinski definition) is 2. The molecule has 0 spiro atoms. The molecule has 0 amide bonds. The van der Waals surface area contributed by atoms with Gasteiger partial charge in [0.2, 0.25) is 0 Å². The Balaban J connectivity index is 1.60. The van der Waals surface area contributed by atoms with Gasteiger partial charge in [-0.1, -0.05) is 65.3 Å². The van der Waals surface area contributed by atoms with Crippen LogP contribution in [0.25, 0.3) is 0 Å². The first-order valence-corrected chi connectivity index (χ1v) is 13.2. The van der Waals surface area contributed by atoms with Gasteiger partial charge in [0, 0.05) is 23.7 Å². The molecule has 2 nitrogen and oxygen atoms in total. The van der Waals surface area contributed by atoms with E-state index in [9.17, 15) is 9.59 Å². The van der Waals surface area contributed by atoms with Crippen LogP contribution in [0.5, 0.6) is 0 Å². The number of fused-ring (bicyclic) bond motifs is 2. The van der Waals surface area contributed by atoms with Gasteiger partial charge in [0.05, 0.1) is 0 Å². The minimum absolute atomic E-state index is 0.182. The van der Waals surface area contributed by atoms with Crippen LogP contribution in [0, 0.1) is 45.3 Å². The maximum absolute atomic E-state index is 12.8. The standard InChI is InChI=1S/C30H46O2/c1-19-9-13-23-27(3,4)25(31)15-17-29(23,7)21(19)11-12-22-20(2)10-14-24-28(5,6)26(32)16-18-30(22,24)8/h10,21-24H,1,9,11-18H2,2-8H3/t21-,22-,23-,24-,29+,30+/m0/s1. The van der Waals surface area contributed by atoms with Gasteiger partial charge in [0.15, 0.2) is 0 Å². The summed E-state index contributed by atoms with van der Waals surface area (Å²) in [7, 11) is 0. The van der Waals surface area contributed by atoms with Gasteiger partial charge >= 0.3 is 0 Å². The second kappa shape index (κ2) is 7.67. The normalized spacial score (nSPS) is 43.3. The van der Waals surface area contributed by atoms with Crippen LogP contribution in [0.15, 0.2) is 23.8 Å². The van der Waals surface area contributed by atoms with Crippen LogP contribution < -0.4 is 0 Å². The summed E-state index contributed by atoms with van der Waals surface area (Å²) in [5.74, 6) is 2.87. The summed E-state index contributed by atoms with van der Waals surface area (Å²) in [5, 5.41) is 0. The number of allylic oxidation sites excluding steroid dienone is 3. The Bertz CT molecular complexity index is 858. The molecule has 0 aromatic rings. The summed E-state index contributed by atoms with van der Waals surface area (Å²) >= 11 is 0. The maximum Gasteiger partial charge on any atom is 0.138 e. The van der Waals surface area contributed by atoms with Crippen molar-refractivity contribution < 1.29 is 9.59 Å². The molecule has 3 saturated carbocycles. The van der Waals surface area contributed by atoms with Crippen molar-refractivity contribution in [3.63, 3.8) is 0 Å². The van der Waals surface area contributed by atoms with E-state index in [4.69, 9.17) is 0 Å². The lowest BCUT2D eigenvalue weighted by molar-refractivity contribution is -0.146. The monoisotopic (exact) mass is 438 g/mol. The van der Waals surface area contributed by atoms with Crippen molar-refractivity contribution >= 4 is 11.6 Å². The zero-order valence-electron chi connectivity index (χ0n) is 21.8. The minimum Gasteiger partial charge on any atom is -0.299 e. The highest BCUT2D eigenvalue weighted by atomic mass is 16.1. The minimum atomic E-state index is -0.221. The molecule has 2 heteroatoms. The van der Waals surface area contributed by atoms with Gasteiger partial charge in [-0.25, -0.2) is 0 Å². The molecule has 0 N–H and O–H groups in total. The second-order valence-corrected chi connectivity index (χ2v) is 13.5. The Labute approximate surface area is 196 Å². The van der Waals surface area contributed by atoms with Gasteiger partial charge in [-0.2, -0.15) is 0 Å². The van der Waals surface area contributed by atoms with Gasteiger partial charge in [0.1, 0.15) is 11.6 Å². The third kappa shape index (κ3) is 3.33. The topological polar surface area (TPSA) is 34.1 Å². The zero-order valence-corrected chi connectivity index (χ0v) is 21.8. The Morgan fingerprint density at radius 1 is 0.812 bits per heavy atom. The first-order chi connectivity index (χ1) is 14.8. The number of carbonyl (C=O) groups is 2. The van der Waals surface area contributed by atoms with Crippen LogP contribution in [0.3, 0.4) is 0 Å². The van der Waals surface area contributed by atoms with Crippen molar-refractivity contribution in [3.8, 4) is 0 Å². The van der Waals surface area contributed by atoms with E-state index in [1.165, 1.54) is 24.0 Å². The van der Waals surface area contributed by atoms with Crippen molar-refractivity contribution in [2.24, 2.45) is 45.3 Å². The van der Waals surface area contributed by atoms with Crippen LogP contribution >= 0.6 is 0 Å². The first-order valence-electron chi connectivity index (χ1n) is 13.2. The van der Waals surface area contributed by atoms with Crippen molar-refractivity contribution in [1.82, 2.24) is 0 Å². The van der Waals surface area contributed by atoms with Gasteiger partial charge in [-0.15, -0.1) is 0 Å². The Morgan fingerprint density at radius 2 is 1.31 bits per heavy atom. The van der Waals surface area contributed by atoms with E-state index in [0.717, 1.165) is 44.9 Å². The summed E-state index contributed by atoms with van der Waals surface area (Å²) in [6.45, 7) is 20.6. The fourth-order valence-corrected chi connectivity index (χ4v) is 9.25. The molecule has 0 aromatic heterocycles. The third-order valence-electron chi connectivity index (χ3n) is 11.4. The molecule has 0 bridgehead atoms. The molecule has 0 heterocycles. The molecule has 0 unspecified atom stereocenters. The fraction of sp³-hybridized carbons (Fsp3) is 0.800. The van der Waals surface area contributed by atoms with E-state index in [1.807, 2.05) is 0 Å². The highest BCUT2D eigenvalue weighted by Crippen LogP contribution is 2.63. The van der Waals surface area contributed by atoms with E-state index in [-0.39, 0.29) is 21.7 Å². The molecule has 178 valence electrons. The zero-order chi connectivity index (χ0) is 23.7. The summed E-state index contributed by atoms with van der Waals surface area (Å²) in [6.07, 6.45) is 11.5. The molecule has 32 heavy (non-hydrogen) atoms. The Hall–Kier alpha value is -1.18. The molecular weight excluding hydrogens is 392 g/mol. The molecule has 3 fully saturated rings. The van der Waals surface area contributed by atoms with E-state index >= 15 is 0 Å². The van der Waals surface area contributed by atoms with Crippen LogP contribution in [0.2, 0.25) is 0 Å². The number of rotatable bonds is 3. The summed E-state index contributed by atoms with van der Waals surface area (Å²) < 4.78 is 0. The quantitative estimate of drug-likeness (QED) is 0.423. The third-order valence-corrected chi connectivity index (χ3v) is 11.4. The van der Waals surface area contributed by atoms with Crippen LogP contribution in [0.4, 0.5) is 0 Å². The predicted octanol–water partition coefficient (Wildman–Crippen LogP) is 7.72. The second-order valence-electron chi connectivity index (χ2n) is 13.5. The van der Waals surface area contributed by atoms with Crippen LogP contribution in [0.1, 0.15) is 106 Å². The molecule has 6 atom stereocenters. The van der Waals surface area contributed by atoms with Gasteiger partial charge in [-0.05, 0) is 86.4 Å². The van der Waals surface area contributed by atoms with Crippen LogP contribution in [-0.4, -0.2) is 11.6 Å². The SMILES string of the molecule is C=C1CC[C@H]2C(C)(C)C(=O)CC[C@]2(C)[C@H]1CC[C@H]1C(C)=CC[C@H]2C(C)(C)C(=O)CC[C@]12C. The lowest BCUT2D eigenvalue weighted by atomic mass is 9.45. The highest BCUT2D eigenvalue weighted by molar-refractivity contribution is 5.86. The van der Waals surface area contributed by atoms with E-state index < -0.39 is 0 Å². The summed E-state index contributed by atoms with van der Waals surface area (Å²) in [6, 6.07) is 0. The largest absolute Gasteiger partial charge is 0.299 e. The van der Waals surface area contributed by atoms with Crippen LogP contribution in [-0.2, 0) is 9.59 Å². The van der Waals surface area contributed by atoms with Gasteiger partial charge < -0.3 is 0 Å². The van der Waals surface area contributed by atoms with E-state index in [1.54, 1.807) is 0 Å². The average molecular weight is 439 g/mol. The van der Waals surface area contributed by atoms with Gasteiger partial charge in [0.25, 0.3) is 0 Å². The molecule has 4 rings (SSSR count). The number of hydrogen-bond donors (Lipinski definition) is 0. The smallest absolute Gasteiger partial charge is 0.138 e. The fourth-order valence-electron chi connectivity index (χ4n) is 9.25. The van der Waals surface area contributed by atoms with E-state index in [2.05, 4.69) is 61.1 Å². The van der Waals surface area contributed by atoms with Crippen molar-refractivity contribution in [2.75, 3.05) is 0 Å². The number of carbonyl (C=O) groups excluding carboxylic acids is 2. The van der Waals surface area contributed by atoms with Crippen molar-refractivity contribution in [3.05, 3.63) is 23.8 Å². The first kappa shape index (κ1) is 24.0. The lowest BCUT2D eigenvalue weighted by Crippen LogP contribution is -2.54. The van der Waals surface area contributed by atoms with Gasteiger partial charge in [-0.3, -0.25) is 9.59 Å². The number of ketones is 2. The molecule has 0 radical (unpaired) electrons. The Kier molecular flexibility index (Phi) is 5.74. The highest BCUT2D eigenvalue weighted by Gasteiger charge is 2.58. The molecule has 0 saturated heterocycles. The molecule has 4 aliphatic rings. The van der Waals surface area contributed by atoms with E-state index in [0.29, 0.717) is 35.2 Å². The molecule has 0 aromatic carbocycles. The number of Topliss-reactive ketones (excluding diaryl/α,β-unsaturated/α-hetero) is 2. The predicted molar refractivity (Wildman–Crippen MR) is 132 cm³/mol. The molecule has 0 aliphatic heterocycles. The maximum atomic E-state index is 12.8. The lowest BCUT2D eigenvalue weighted by Gasteiger charge is -2.58. The van der Waals surface area contributed by atoms with Crippen molar-refractivity contribution in [2.45, 2.75) is 106 Å². The molecular formula is C30H46O2. The average Bonchev–Trinajstić information content (AvgIpc) is 2.69.